The smallest absolute Gasteiger partial charge is 0.227 e. The summed E-state index contributed by atoms with van der Waals surface area (Å²) in [4.78, 5) is 16.2. The minimum Gasteiger partial charge on any atom is -0.356 e. The Balaban J connectivity index is 1.45. The molecular weight excluding hydrogens is 378 g/mol. The van der Waals surface area contributed by atoms with E-state index in [1.807, 2.05) is 30.3 Å². The number of nitrogens with zero attached hydrogens (tertiary/aromatic N) is 2. The number of sulfone groups is 1. The Morgan fingerprint density at radius 2 is 1.64 bits per heavy atom. The minimum absolute atomic E-state index is 0.0864. The van der Waals surface area contributed by atoms with Crippen molar-refractivity contribution in [3.63, 3.8) is 0 Å². The second-order valence-electron chi connectivity index (χ2n) is 6.26. The molecule has 0 unspecified atom stereocenters. The number of amides is 1. The predicted molar refractivity (Wildman–Crippen MR) is 103 cm³/mol. The van der Waals surface area contributed by atoms with E-state index in [4.69, 9.17) is 4.52 Å². The van der Waals surface area contributed by atoms with Crippen molar-refractivity contribution in [1.82, 2.24) is 15.5 Å². The van der Waals surface area contributed by atoms with E-state index in [0.717, 1.165) is 12.0 Å². The molecule has 0 fully saturated rings. The molecule has 0 aliphatic rings. The molecule has 1 amide bonds. The molecule has 1 aromatic heterocycles. The van der Waals surface area contributed by atoms with Crippen LogP contribution in [0.5, 0.6) is 0 Å². The number of rotatable bonds is 9. The van der Waals surface area contributed by atoms with E-state index in [1.165, 1.54) is 12.1 Å². The number of nitrogens with one attached hydrogen (secondary N) is 1. The molecular formula is C20H21N3O4S. The molecule has 8 heteroatoms. The third-order valence-electron chi connectivity index (χ3n) is 4.08. The van der Waals surface area contributed by atoms with Gasteiger partial charge in [0, 0.05) is 19.4 Å². The Hall–Kier alpha value is -3.00. The molecule has 7 nitrogen and oxygen atoms in total. The maximum atomic E-state index is 12.3. The molecule has 1 N–H and O–H groups in total. The molecule has 28 heavy (non-hydrogen) atoms. The number of hydrogen-bond acceptors (Lipinski definition) is 6. The Labute approximate surface area is 163 Å². The van der Waals surface area contributed by atoms with Crippen molar-refractivity contribution in [3.05, 3.63) is 77.9 Å². The molecule has 0 radical (unpaired) electrons. The van der Waals surface area contributed by atoms with Crippen LogP contribution in [0.2, 0.25) is 0 Å². The Kier molecular flexibility index (Phi) is 6.54. The fourth-order valence-electron chi connectivity index (χ4n) is 2.63. The largest absolute Gasteiger partial charge is 0.356 e. The van der Waals surface area contributed by atoms with Gasteiger partial charge in [-0.3, -0.25) is 4.79 Å². The van der Waals surface area contributed by atoms with Gasteiger partial charge in [0.2, 0.25) is 11.8 Å². The summed E-state index contributed by atoms with van der Waals surface area (Å²) in [6.45, 7) is 0.549. The van der Waals surface area contributed by atoms with E-state index < -0.39 is 9.84 Å². The molecule has 2 aromatic carbocycles. The van der Waals surface area contributed by atoms with Crippen LogP contribution in [-0.2, 0) is 33.2 Å². The van der Waals surface area contributed by atoms with Crippen LogP contribution in [-0.4, -0.2) is 31.0 Å². The first kappa shape index (κ1) is 19.8. The lowest BCUT2D eigenvalue weighted by Gasteiger charge is -2.04. The molecule has 0 aliphatic carbocycles. The monoisotopic (exact) mass is 399 g/mol. The van der Waals surface area contributed by atoms with Gasteiger partial charge in [0.05, 0.1) is 4.90 Å². The fraction of sp³-hybridized carbons (Fsp3) is 0.250. The topological polar surface area (TPSA) is 102 Å². The first-order valence-electron chi connectivity index (χ1n) is 8.93. The maximum absolute atomic E-state index is 12.3. The van der Waals surface area contributed by atoms with Crippen molar-refractivity contribution >= 4 is 15.7 Å². The van der Waals surface area contributed by atoms with Gasteiger partial charge in [-0.15, -0.1) is 0 Å². The van der Waals surface area contributed by atoms with Gasteiger partial charge in [0.1, 0.15) is 5.75 Å². The Morgan fingerprint density at radius 1 is 0.964 bits per heavy atom. The van der Waals surface area contributed by atoms with Crippen molar-refractivity contribution in [2.75, 3.05) is 6.54 Å². The molecule has 3 aromatic rings. The van der Waals surface area contributed by atoms with Gasteiger partial charge in [0.15, 0.2) is 15.7 Å². The van der Waals surface area contributed by atoms with E-state index >= 15 is 0 Å². The van der Waals surface area contributed by atoms with Crippen molar-refractivity contribution in [2.45, 2.75) is 29.9 Å². The second-order valence-corrected chi connectivity index (χ2v) is 8.25. The normalized spacial score (nSPS) is 11.3. The number of benzene rings is 2. The van der Waals surface area contributed by atoms with Crippen LogP contribution in [0.1, 0.15) is 23.7 Å². The molecule has 1 heterocycles. The minimum atomic E-state index is -3.53. The highest BCUT2D eigenvalue weighted by atomic mass is 32.2. The number of aromatic nitrogens is 2. The number of hydrogen-bond donors (Lipinski definition) is 1. The summed E-state index contributed by atoms with van der Waals surface area (Å²) in [5.41, 5.74) is 1.16. The summed E-state index contributed by atoms with van der Waals surface area (Å²) in [5.74, 6) is -0.128. The molecule has 146 valence electrons. The molecule has 0 spiro atoms. The van der Waals surface area contributed by atoms with Crippen LogP contribution in [0.4, 0.5) is 0 Å². The molecule has 0 saturated carbocycles. The van der Waals surface area contributed by atoms with Crippen molar-refractivity contribution < 1.29 is 17.7 Å². The van der Waals surface area contributed by atoms with Crippen LogP contribution in [0.3, 0.4) is 0 Å². The highest BCUT2D eigenvalue weighted by Gasteiger charge is 2.19. The van der Waals surface area contributed by atoms with E-state index in [9.17, 15) is 13.2 Å². The number of carbonyl (C=O) groups excluding carboxylic acids is 1. The van der Waals surface area contributed by atoms with Gasteiger partial charge in [-0.25, -0.2) is 8.42 Å². The second kappa shape index (κ2) is 9.27. The van der Waals surface area contributed by atoms with E-state index in [-0.39, 0.29) is 41.1 Å². The van der Waals surface area contributed by atoms with Crippen LogP contribution < -0.4 is 5.32 Å². The van der Waals surface area contributed by atoms with Crippen molar-refractivity contribution in [3.8, 4) is 0 Å². The average molecular weight is 399 g/mol. The van der Waals surface area contributed by atoms with E-state index in [2.05, 4.69) is 15.5 Å². The molecule has 3 rings (SSSR count). The zero-order chi connectivity index (χ0) is 19.8. The quantitative estimate of drug-likeness (QED) is 0.592. The van der Waals surface area contributed by atoms with Gasteiger partial charge >= 0.3 is 0 Å². The van der Waals surface area contributed by atoms with E-state index in [1.54, 1.807) is 18.2 Å². The highest BCUT2D eigenvalue weighted by Crippen LogP contribution is 2.14. The van der Waals surface area contributed by atoms with Gasteiger partial charge < -0.3 is 9.84 Å². The summed E-state index contributed by atoms with van der Waals surface area (Å²) >= 11 is 0. The van der Waals surface area contributed by atoms with Crippen LogP contribution in [0.15, 0.2) is 70.1 Å². The molecule has 0 bridgehead atoms. The standard InChI is InChI=1S/C20H21N3O4S/c24-19(21-14-13-16-7-3-1-4-8-16)11-12-20-22-18(23-27-20)15-28(25,26)17-9-5-2-6-10-17/h1-10H,11-15H2,(H,21,24). The predicted octanol–water partition coefficient (Wildman–Crippen LogP) is 2.34. The summed E-state index contributed by atoms with van der Waals surface area (Å²) in [6, 6.07) is 18.0. The van der Waals surface area contributed by atoms with Crippen LogP contribution in [0.25, 0.3) is 0 Å². The average Bonchev–Trinajstić information content (AvgIpc) is 3.14. The van der Waals surface area contributed by atoms with Gasteiger partial charge in [-0.2, -0.15) is 4.98 Å². The number of carbonyl (C=O) groups is 1. The van der Waals surface area contributed by atoms with Gasteiger partial charge in [-0.1, -0.05) is 53.7 Å². The molecule has 0 atom stereocenters. The summed E-state index contributed by atoms with van der Waals surface area (Å²) in [7, 11) is -3.53. The summed E-state index contributed by atoms with van der Waals surface area (Å²) in [6.07, 6.45) is 1.21. The van der Waals surface area contributed by atoms with Gasteiger partial charge in [-0.05, 0) is 24.1 Å². The first-order valence-corrected chi connectivity index (χ1v) is 10.6. The SMILES string of the molecule is O=C(CCc1nc(CS(=O)(=O)c2ccccc2)no1)NCCc1ccccc1. The highest BCUT2D eigenvalue weighted by molar-refractivity contribution is 7.90. The van der Waals surface area contributed by atoms with Crippen LogP contribution in [0, 0.1) is 0 Å². The molecule has 0 saturated heterocycles. The fourth-order valence-corrected chi connectivity index (χ4v) is 3.83. The lowest BCUT2D eigenvalue weighted by atomic mass is 10.1. The summed E-state index contributed by atoms with van der Waals surface area (Å²) < 4.78 is 29.7. The summed E-state index contributed by atoms with van der Waals surface area (Å²) in [5, 5.41) is 6.55. The lowest BCUT2D eigenvalue weighted by Crippen LogP contribution is -2.25. The third kappa shape index (κ3) is 5.75. The Bertz CT molecular complexity index is 1000. The van der Waals surface area contributed by atoms with Crippen molar-refractivity contribution in [1.29, 1.82) is 0 Å². The zero-order valence-corrected chi connectivity index (χ0v) is 16.1. The third-order valence-corrected chi connectivity index (χ3v) is 5.70. The van der Waals surface area contributed by atoms with Crippen LogP contribution >= 0.6 is 0 Å². The molecule has 0 aliphatic heterocycles. The van der Waals surface area contributed by atoms with E-state index in [0.29, 0.717) is 6.54 Å². The number of aryl methyl sites for hydroxylation is 1. The lowest BCUT2D eigenvalue weighted by molar-refractivity contribution is -0.121. The first-order chi connectivity index (χ1) is 13.5. The zero-order valence-electron chi connectivity index (χ0n) is 15.2. The Morgan fingerprint density at radius 3 is 2.36 bits per heavy atom. The van der Waals surface area contributed by atoms with Gasteiger partial charge in [0.25, 0.3) is 0 Å². The maximum Gasteiger partial charge on any atom is 0.227 e. The van der Waals surface area contributed by atoms with Crippen molar-refractivity contribution in [2.24, 2.45) is 0 Å².